The third kappa shape index (κ3) is 3.18. The van der Waals surface area contributed by atoms with Gasteiger partial charge in [0.15, 0.2) is 0 Å². The van der Waals surface area contributed by atoms with E-state index in [1.165, 1.54) is 7.11 Å². The maximum Gasteiger partial charge on any atom is 0.309 e. The molecular formula is C9H15N2O3+. The average molecular weight is 199 g/mol. The van der Waals surface area contributed by atoms with Gasteiger partial charge < -0.3 is 9.84 Å². The zero-order chi connectivity index (χ0) is 10.4. The van der Waals surface area contributed by atoms with Gasteiger partial charge in [0, 0.05) is 0 Å². The highest BCUT2D eigenvalue weighted by Gasteiger charge is 2.06. The second-order valence-electron chi connectivity index (χ2n) is 2.94. The zero-order valence-electron chi connectivity index (χ0n) is 8.22. The fourth-order valence-electron chi connectivity index (χ4n) is 1.14. The molecule has 5 nitrogen and oxygen atoms in total. The number of hydrogen-bond donors (Lipinski definition) is 1. The molecule has 0 aliphatic heterocycles. The van der Waals surface area contributed by atoms with E-state index in [4.69, 9.17) is 5.11 Å². The lowest BCUT2D eigenvalue weighted by Crippen LogP contribution is -2.32. The predicted octanol–water partition coefficient (Wildman–Crippen LogP) is -0.669. The fourth-order valence-corrected chi connectivity index (χ4v) is 1.14. The maximum atomic E-state index is 10.8. The Bertz CT molecular complexity index is 296. The third-order valence-electron chi connectivity index (χ3n) is 1.91. The van der Waals surface area contributed by atoms with Crippen LogP contribution in [0.2, 0.25) is 0 Å². The summed E-state index contributed by atoms with van der Waals surface area (Å²) in [6.07, 6.45) is 5.93. The largest absolute Gasteiger partial charge is 0.469 e. The van der Waals surface area contributed by atoms with Crippen LogP contribution in [0.15, 0.2) is 18.7 Å². The first-order valence-electron chi connectivity index (χ1n) is 4.48. The number of ether oxygens (including phenoxy) is 1. The second-order valence-corrected chi connectivity index (χ2v) is 2.94. The van der Waals surface area contributed by atoms with E-state index < -0.39 is 0 Å². The van der Waals surface area contributed by atoms with Crippen molar-refractivity contribution in [3.05, 3.63) is 18.7 Å². The Hall–Kier alpha value is -1.36. The molecule has 0 atom stereocenters. The van der Waals surface area contributed by atoms with E-state index in [-0.39, 0.29) is 12.6 Å². The summed E-state index contributed by atoms with van der Waals surface area (Å²) >= 11 is 0. The monoisotopic (exact) mass is 199 g/mol. The lowest BCUT2D eigenvalue weighted by molar-refractivity contribution is -0.697. The number of methoxy groups -OCH3 is 1. The van der Waals surface area contributed by atoms with E-state index in [0.29, 0.717) is 19.5 Å². The quantitative estimate of drug-likeness (QED) is 0.505. The molecule has 0 saturated carbocycles. The summed E-state index contributed by atoms with van der Waals surface area (Å²) in [5.74, 6) is -0.215. The maximum absolute atomic E-state index is 10.8. The molecule has 1 rings (SSSR count). The topological polar surface area (TPSA) is 55.3 Å². The Kier molecular flexibility index (Phi) is 4.12. The van der Waals surface area contributed by atoms with Crippen molar-refractivity contribution >= 4 is 5.97 Å². The van der Waals surface area contributed by atoms with Crippen molar-refractivity contribution in [1.82, 2.24) is 4.57 Å². The highest BCUT2D eigenvalue weighted by molar-refractivity contribution is 5.68. The molecular weight excluding hydrogens is 184 g/mol. The van der Waals surface area contributed by atoms with Crippen LogP contribution < -0.4 is 4.57 Å². The van der Waals surface area contributed by atoms with Crippen molar-refractivity contribution in [2.45, 2.75) is 19.5 Å². The van der Waals surface area contributed by atoms with Crippen LogP contribution in [0.5, 0.6) is 0 Å². The second kappa shape index (κ2) is 5.39. The van der Waals surface area contributed by atoms with Gasteiger partial charge in [-0.25, -0.2) is 9.13 Å². The summed E-state index contributed by atoms with van der Waals surface area (Å²) < 4.78 is 8.27. The SMILES string of the molecule is COC(=O)CCn1cc[n+](CCO)c1. The minimum Gasteiger partial charge on any atom is -0.469 e. The van der Waals surface area contributed by atoms with Gasteiger partial charge in [0.1, 0.15) is 25.5 Å². The van der Waals surface area contributed by atoms with E-state index in [0.717, 1.165) is 0 Å². The van der Waals surface area contributed by atoms with Crippen LogP contribution in [-0.2, 0) is 22.6 Å². The first kappa shape index (κ1) is 10.7. The Labute approximate surface area is 82.5 Å². The Balaban J connectivity index is 2.39. The molecule has 0 aliphatic carbocycles. The third-order valence-corrected chi connectivity index (χ3v) is 1.91. The molecule has 1 aromatic rings. The summed E-state index contributed by atoms with van der Waals surface area (Å²) in [4.78, 5) is 10.8. The van der Waals surface area contributed by atoms with Gasteiger partial charge in [0.25, 0.3) is 0 Å². The van der Waals surface area contributed by atoms with Gasteiger partial charge in [-0.2, -0.15) is 0 Å². The molecule has 0 aromatic carbocycles. The van der Waals surface area contributed by atoms with Crippen LogP contribution in [0.1, 0.15) is 6.42 Å². The molecule has 1 heterocycles. The van der Waals surface area contributed by atoms with E-state index in [1.54, 1.807) is 0 Å². The predicted molar refractivity (Wildman–Crippen MR) is 48.3 cm³/mol. The number of rotatable bonds is 5. The van der Waals surface area contributed by atoms with Crippen LogP contribution in [0, 0.1) is 0 Å². The van der Waals surface area contributed by atoms with E-state index >= 15 is 0 Å². The van der Waals surface area contributed by atoms with Crippen LogP contribution >= 0.6 is 0 Å². The number of hydrogen-bond acceptors (Lipinski definition) is 3. The molecule has 1 N–H and O–H groups in total. The number of carbonyl (C=O) groups excluding carboxylic acids is 1. The molecule has 0 bridgehead atoms. The lowest BCUT2D eigenvalue weighted by atomic mass is 10.4. The standard InChI is InChI=1S/C9H15N2O3/c1-14-9(13)2-3-10-4-5-11(8-10)6-7-12/h4-5,8,12H,2-3,6-7H2,1H3/q+1. The van der Waals surface area contributed by atoms with Crippen molar-refractivity contribution in [3.8, 4) is 0 Å². The molecule has 0 spiro atoms. The number of nitrogens with zero attached hydrogens (tertiary/aromatic N) is 2. The lowest BCUT2D eigenvalue weighted by Gasteiger charge is -1.95. The molecule has 0 fully saturated rings. The van der Waals surface area contributed by atoms with Gasteiger partial charge in [0.05, 0.1) is 20.1 Å². The van der Waals surface area contributed by atoms with Crippen molar-refractivity contribution < 1.29 is 19.2 Å². The summed E-state index contributed by atoms with van der Waals surface area (Å²) in [6, 6.07) is 0. The van der Waals surface area contributed by atoms with Crippen LogP contribution in [0.25, 0.3) is 0 Å². The van der Waals surface area contributed by atoms with Crippen LogP contribution in [-0.4, -0.2) is 29.4 Å². The van der Waals surface area contributed by atoms with Crippen molar-refractivity contribution in [2.75, 3.05) is 13.7 Å². The van der Waals surface area contributed by atoms with Gasteiger partial charge in [-0.3, -0.25) is 4.79 Å². The number of esters is 1. The van der Waals surface area contributed by atoms with Crippen LogP contribution in [0.3, 0.4) is 0 Å². The molecule has 0 saturated heterocycles. The van der Waals surface area contributed by atoms with Gasteiger partial charge in [-0.15, -0.1) is 0 Å². The summed E-state index contributed by atoms with van der Waals surface area (Å²) in [5, 5.41) is 8.68. The highest BCUT2D eigenvalue weighted by atomic mass is 16.5. The molecule has 0 radical (unpaired) electrons. The molecule has 1 aromatic heterocycles. The van der Waals surface area contributed by atoms with Gasteiger partial charge in [0.2, 0.25) is 6.33 Å². The minimum absolute atomic E-state index is 0.117. The summed E-state index contributed by atoms with van der Waals surface area (Å²) in [7, 11) is 1.38. The summed E-state index contributed by atoms with van der Waals surface area (Å²) in [6.45, 7) is 1.29. The number of aliphatic hydroxyl groups excluding tert-OH is 1. The molecule has 5 heteroatoms. The molecule has 0 amide bonds. The average Bonchev–Trinajstić information content (AvgIpc) is 2.63. The van der Waals surface area contributed by atoms with Crippen LogP contribution in [0.4, 0.5) is 0 Å². The molecule has 14 heavy (non-hydrogen) atoms. The van der Waals surface area contributed by atoms with Crippen molar-refractivity contribution in [3.63, 3.8) is 0 Å². The number of carbonyl (C=O) groups is 1. The smallest absolute Gasteiger partial charge is 0.309 e. The van der Waals surface area contributed by atoms with E-state index in [1.807, 2.05) is 27.9 Å². The Morgan fingerprint density at radius 2 is 2.43 bits per heavy atom. The summed E-state index contributed by atoms with van der Waals surface area (Å²) in [5.41, 5.74) is 0. The first-order chi connectivity index (χ1) is 6.76. The normalized spacial score (nSPS) is 10.1. The molecule has 0 unspecified atom stereocenters. The first-order valence-corrected chi connectivity index (χ1v) is 4.48. The number of aromatic nitrogens is 2. The highest BCUT2D eigenvalue weighted by Crippen LogP contribution is 1.91. The van der Waals surface area contributed by atoms with E-state index in [9.17, 15) is 4.79 Å². The zero-order valence-corrected chi connectivity index (χ0v) is 8.22. The van der Waals surface area contributed by atoms with Crippen molar-refractivity contribution in [2.24, 2.45) is 0 Å². The molecule has 78 valence electrons. The van der Waals surface area contributed by atoms with Gasteiger partial charge >= 0.3 is 5.97 Å². The fraction of sp³-hybridized carbons (Fsp3) is 0.556. The van der Waals surface area contributed by atoms with Gasteiger partial charge in [-0.1, -0.05) is 0 Å². The van der Waals surface area contributed by atoms with Crippen molar-refractivity contribution in [1.29, 1.82) is 0 Å². The number of aliphatic hydroxyl groups is 1. The Morgan fingerprint density at radius 3 is 3.07 bits per heavy atom. The minimum atomic E-state index is -0.215. The Morgan fingerprint density at radius 1 is 1.64 bits per heavy atom. The van der Waals surface area contributed by atoms with Gasteiger partial charge in [-0.05, 0) is 0 Å². The molecule has 0 aliphatic rings. The number of aryl methyl sites for hydroxylation is 1. The number of imidazole rings is 1. The van der Waals surface area contributed by atoms with E-state index in [2.05, 4.69) is 4.74 Å².